The van der Waals surface area contributed by atoms with Crippen LogP contribution in [-0.4, -0.2) is 36.7 Å². The van der Waals surface area contributed by atoms with Crippen molar-refractivity contribution >= 4 is 55.6 Å². The number of nitro benzene ring substituents is 1. The van der Waals surface area contributed by atoms with Gasteiger partial charge in [-0.05, 0) is 52.3 Å². The summed E-state index contributed by atoms with van der Waals surface area (Å²) in [5.41, 5.74) is 2.75. The maximum Gasteiger partial charge on any atom is 0.343 e. The molecule has 35 heavy (non-hydrogen) atoms. The molecule has 12 heteroatoms. The highest BCUT2D eigenvalue weighted by Gasteiger charge is 2.14. The first kappa shape index (κ1) is 25.8. The van der Waals surface area contributed by atoms with Gasteiger partial charge in [-0.1, -0.05) is 28.1 Å². The van der Waals surface area contributed by atoms with Gasteiger partial charge in [0, 0.05) is 22.2 Å². The van der Waals surface area contributed by atoms with E-state index in [1.165, 1.54) is 37.6 Å². The van der Waals surface area contributed by atoms with Gasteiger partial charge in [-0.15, -0.1) is 0 Å². The molecule has 0 bridgehead atoms. The molecule has 0 unspecified atom stereocenters. The van der Waals surface area contributed by atoms with Gasteiger partial charge < -0.3 is 14.2 Å². The van der Waals surface area contributed by atoms with E-state index in [1.54, 1.807) is 36.4 Å². The van der Waals surface area contributed by atoms with Crippen molar-refractivity contribution in [2.75, 3.05) is 13.7 Å². The highest BCUT2D eigenvalue weighted by Crippen LogP contribution is 2.38. The van der Waals surface area contributed by atoms with E-state index in [2.05, 4.69) is 42.4 Å². The fourth-order valence-electron chi connectivity index (χ4n) is 2.73. The lowest BCUT2D eigenvalue weighted by Gasteiger charge is -2.12. The summed E-state index contributed by atoms with van der Waals surface area (Å²) in [6.07, 6.45) is 1.31. The van der Waals surface area contributed by atoms with E-state index in [4.69, 9.17) is 14.2 Å². The van der Waals surface area contributed by atoms with E-state index in [0.29, 0.717) is 21.5 Å². The zero-order valence-electron chi connectivity index (χ0n) is 18.1. The van der Waals surface area contributed by atoms with Gasteiger partial charge in [0.05, 0.1) is 28.3 Å². The molecule has 0 heterocycles. The minimum atomic E-state index is -0.702. The number of nitrogens with one attached hydrogen (secondary N) is 1. The van der Waals surface area contributed by atoms with E-state index in [0.717, 1.165) is 4.47 Å². The van der Waals surface area contributed by atoms with Gasteiger partial charge in [-0.25, -0.2) is 10.2 Å². The Morgan fingerprint density at radius 1 is 1.09 bits per heavy atom. The summed E-state index contributed by atoms with van der Waals surface area (Å²) in [7, 11) is 1.48. The highest BCUT2D eigenvalue weighted by atomic mass is 79.9. The topological polar surface area (TPSA) is 129 Å². The number of methoxy groups -OCH3 is 1. The minimum absolute atomic E-state index is 0.139. The zero-order chi connectivity index (χ0) is 25.4. The van der Waals surface area contributed by atoms with Crippen molar-refractivity contribution in [2.24, 2.45) is 5.10 Å². The van der Waals surface area contributed by atoms with Gasteiger partial charge >= 0.3 is 5.97 Å². The summed E-state index contributed by atoms with van der Waals surface area (Å²) >= 11 is 6.71. The molecule has 0 saturated heterocycles. The molecule has 0 fully saturated rings. The zero-order valence-corrected chi connectivity index (χ0v) is 21.2. The summed E-state index contributed by atoms with van der Waals surface area (Å²) in [4.78, 5) is 34.8. The van der Waals surface area contributed by atoms with Crippen LogP contribution in [0.3, 0.4) is 0 Å². The molecule has 10 nitrogen and oxygen atoms in total. The number of carbonyl (C=O) groups excluding carboxylic acids is 2. The molecule has 3 aromatic carbocycles. The van der Waals surface area contributed by atoms with Crippen molar-refractivity contribution in [1.82, 2.24) is 5.43 Å². The molecule has 0 aliphatic rings. The molecule has 0 atom stereocenters. The predicted molar refractivity (Wildman–Crippen MR) is 134 cm³/mol. The van der Waals surface area contributed by atoms with Crippen LogP contribution in [0.15, 0.2) is 74.7 Å². The van der Waals surface area contributed by atoms with Crippen LogP contribution in [0.4, 0.5) is 5.69 Å². The number of ether oxygens (including phenoxy) is 3. The lowest BCUT2D eigenvalue weighted by atomic mass is 10.2. The summed E-state index contributed by atoms with van der Waals surface area (Å²) in [5.74, 6) is -0.246. The Balaban J connectivity index is 1.60. The molecular formula is C23H17Br2N3O7. The molecule has 0 aromatic heterocycles. The number of hydrogen-bond donors (Lipinski definition) is 1. The third-order valence-electron chi connectivity index (χ3n) is 4.37. The number of para-hydroxylation sites is 1. The Labute approximate surface area is 216 Å². The van der Waals surface area contributed by atoms with Gasteiger partial charge in [0.2, 0.25) is 0 Å². The van der Waals surface area contributed by atoms with Gasteiger partial charge in [0.15, 0.2) is 18.1 Å². The van der Waals surface area contributed by atoms with Crippen LogP contribution < -0.4 is 19.6 Å². The standard InChI is InChI=1S/C23H17Br2N3O7/c1-33-20-11-16(24)10-18(25)22(20)34-13-21(29)27-26-12-15-4-2-3-5-19(15)35-23(30)14-6-8-17(9-7-14)28(31)32/h2-12H,13H2,1H3,(H,27,29). The molecule has 3 aromatic rings. The summed E-state index contributed by atoms with van der Waals surface area (Å²) in [6, 6.07) is 15.0. The van der Waals surface area contributed by atoms with Crippen LogP contribution in [0.25, 0.3) is 0 Å². The Morgan fingerprint density at radius 3 is 2.49 bits per heavy atom. The second-order valence-corrected chi connectivity index (χ2v) is 8.50. The summed E-state index contributed by atoms with van der Waals surface area (Å²) in [6.45, 7) is -0.329. The van der Waals surface area contributed by atoms with Crippen molar-refractivity contribution in [3.63, 3.8) is 0 Å². The SMILES string of the molecule is COc1cc(Br)cc(Br)c1OCC(=O)NN=Cc1ccccc1OC(=O)c1ccc([N+](=O)[O-])cc1. The van der Waals surface area contributed by atoms with Crippen LogP contribution in [0, 0.1) is 10.1 Å². The van der Waals surface area contributed by atoms with E-state index in [9.17, 15) is 19.7 Å². The van der Waals surface area contributed by atoms with Crippen LogP contribution in [-0.2, 0) is 4.79 Å². The fourth-order valence-corrected chi connectivity index (χ4v) is 4.03. The van der Waals surface area contributed by atoms with E-state index >= 15 is 0 Å². The molecule has 3 rings (SSSR count). The number of nitro groups is 1. The van der Waals surface area contributed by atoms with Crippen molar-refractivity contribution in [2.45, 2.75) is 0 Å². The Hall–Kier alpha value is -3.77. The molecule has 1 amide bonds. The third kappa shape index (κ3) is 7.11. The lowest BCUT2D eigenvalue weighted by molar-refractivity contribution is -0.384. The maximum atomic E-state index is 12.4. The normalized spacial score (nSPS) is 10.6. The quantitative estimate of drug-likeness (QED) is 0.121. The van der Waals surface area contributed by atoms with E-state index in [-0.39, 0.29) is 23.6 Å². The second kappa shape index (κ2) is 12.1. The number of benzene rings is 3. The van der Waals surface area contributed by atoms with Crippen LogP contribution in [0.2, 0.25) is 0 Å². The van der Waals surface area contributed by atoms with Gasteiger partial charge in [-0.3, -0.25) is 14.9 Å². The van der Waals surface area contributed by atoms with Crippen molar-refractivity contribution in [3.8, 4) is 17.2 Å². The van der Waals surface area contributed by atoms with Gasteiger partial charge in [0.25, 0.3) is 11.6 Å². The molecule has 0 radical (unpaired) electrons. The van der Waals surface area contributed by atoms with Crippen LogP contribution in [0.5, 0.6) is 17.2 Å². The Kier molecular flexibility index (Phi) is 8.92. The monoisotopic (exact) mass is 605 g/mol. The van der Waals surface area contributed by atoms with Crippen LogP contribution >= 0.6 is 31.9 Å². The number of hydrazone groups is 1. The van der Waals surface area contributed by atoms with Crippen molar-refractivity contribution in [3.05, 3.63) is 90.9 Å². The van der Waals surface area contributed by atoms with E-state index < -0.39 is 16.8 Å². The number of rotatable bonds is 9. The number of carbonyl (C=O) groups is 2. The van der Waals surface area contributed by atoms with Gasteiger partial charge in [0.1, 0.15) is 5.75 Å². The number of non-ortho nitro benzene ring substituents is 1. The predicted octanol–water partition coefficient (Wildman–Crippen LogP) is 4.88. The maximum absolute atomic E-state index is 12.4. The first-order valence-corrected chi connectivity index (χ1v) is 11.4. The van der Waals surface area contributed by atoms with Crippen molar-refractivity contribution in [1.29, 1.82) is 0 Å². The summed E-state index contributed by atoms with van der Waals surface area (Å²) < 4.78 is 17.5. The van der Waals surface area contributed by atoms with E-state index in [1.807, 2.05) is 0 Å². The first-order chi connectivity index (χ1) is 16.8. The highest BCUT2D eigenvalue weighted by molar-refractivity contribution is 9.11. The Morgan fingerprint density at radius 2 is 1.80 bits per heavy atom. The lowest BCUT2D eigenvalue weighted by Crippen LogP contribution is -2.24. The fraction of sp³-hybridized carbons (Fsp3) is 0.0870. The molecule has 0 spiro atoms. The average Bonchev–Trinajstić information content (AvgIpc) is 2.84. The minimum Gasteiger partial charge on any atom is -0.493 e. The molecule has 0 saturated carbocycles. The van der Waals surface area contributed by atoms with Crippen LogP contribution in [0.1, 0.15) is 15.9 Å². The Bertz CT molecular complexity index is 1280. The third-order valence-corrected chi connectivity index (χ3v) is 5.42. The number of amides is 1. The smallest absolute Gasteiger partial charge is 0.343 e. The second-order valence-electron chi connectivity index (χ2n) is 6.73. The average molecular weight is 607 g/mol. The molecule has 0 aliphatic heterocycles. The number of esters is 1. The molecular weight excluding hydrogens is 590 g/mol. The van der Waals surface area contributed by atoms with Gasteiger partial charge in [-0.2, -0.15) is 5.10 Å². The first-order valence-electron chi connectivity index (χ1n) is 9.82. The number of hydrogen-bond acceptors (Lipinski definition) is 8. The largest absolute Gasteiger partial charge is 0.493 e. The molecule has 0 aliphatic carbocycles. The number of nitrogens with zero attached hydrogens (tertiary/aromatic N) is 2. The van der Waals surface area contributed by atoms with Crippen molar-refractivity contribution < 1.29 is 28.7 Å². The summed E-state index contributed by atoms with van der Waals surface area (Å²) in [5, 5.41) is 14.6. The number of halogens is 2. The molecule has 180 valence electrons. The molecule has 1 N–H and O–H groups in total.